The van der Waals surface area contributed by atoms with Gasteiger partial charge in [-0.05, 0) is 31.5 Å². The van der Waals surface area contributed by atoms with Crippen LogP contribution in [0.2, 0.25) is 5.02 Å². The largest absolute Gasteiger partial charge is 0.459 e. The maximum Gasteiger partial charge on any atom is 0.303 e. The van der Waals surface area contributed by atoms with Crippen LogP contribution in [0, 0.1) is 5.92 Å². The average molecular weight is 464 g/mol. The summed E-state index contributed by atoms with van der Waals surface area (Å²) < 4.78 is 24.0. The van der Waals surface area contributed by atoms with Crippen molar-refractivity contribution in [3.05, 3.63) is 27.7 Å². The highest BCUT2D eigenvalue weighted by molar-refractivity contribution is 9.10. The smallest absolute Gasteiger partial charge is 0.303 e. The number of hydrogen-bond donors (Lipinski definition) is 0. The summed E-state index contributed by atoms with van der Waals surface area (Å²) in [5.41, 5.74) is -1.35. The Morgan fingerprint density at radius 1 is 1.30 bits per heavy atom. The maximum absolute atomic E-state index is 11.8. The highest BCUT2D eigenvalue weighted by atomic mass is 79.9. The molecule has 1 saturated heterocycles. The number of benzene rings is 1. The normalized spacial score (nSPS) is 30.5. The second-order valence-electron chi connectivity index (χ2n) is 6.77. The van der Waals surface area contributed by atoms with Crippen molar-refractivity contribution in [1.29, 1.82) is 0 Å². The summed E-state index contributed by atoms with van der Waals surface area (Å²) in [6.45, 7) is 8.10. The van der Waals surface area contributed by atoms with E-state index in [0.717, 1.165) is 4.47 Å². The molecule has 2 rings (SSSR count). The summed E-state index contributed by atoms with van der Waals surface area (Å²) in [6.07, 6.45) is -1.35. The third-order valence-electron chi connectivity index (χ3n) is 4.58. The molecule has 1 fully saturated rings. The SMILES string of the molecule is CC[C@H]1O[C@H](Oc2cc(Br)ccc2Cl)[C@@](C)(OC(C)=O)[C@@H](OC(C)=O)[C@@H]1C. The van der Waals surface area contributed by atoms with Crippen LogP contribution in [0.1, 0.15) is 41.0 Å². The molecule has 0 N–H and O–H groups in total. The predicted octanol–water partition coefficient (Wildman–Crippen LogP) is 4.51. The number of carbonyl (C=O) groups excluding carboxylic acids is 2. The standard InChI is InChI=1S/C19H24BrClO6/c1-6-15-10(2)17(24-11(3)22)19(5,27-12(4)23)18(25-15)26-16-9-13(20)7-8-14(16)21/h7-10,15,17-18H,6H2,1-5H3/t10-,15-,17+,18-,19+/m1/s1. The molecule has 0 unspecified atom stereocenters. The van der Waals surface area contributed by atoms with Crippen LogP contribution in [0.5, 0.6) is 5.75 Å². The summed E-state index contributed by atoms with van der Waals surface area (Å²) in [5, 5.41) is 0.377. The van der Waals surface area contributed by atoms with Crippen LogP contribution in [0.4, 0.5) is 0 Å². The van der Waals surface area contributed by atoms with E-state index in [1.165, 1.54) is 13.8 Å². The van der Waals surface area contributed by atoms with E-state index in [4.69, 9.17) is 30.5 Å². The van der Waals surface area contributed by atoms with Gasteiger partial charge in [0.05, 0.1) is 11.1 Å². The Bertz CT molecular complexity index is 711. The molecule has 6 nitrogen and oxygen atoms in total. The Balaban J connectivity index is 2.47. The molecule has 1 heterocycles. The lowest BCUT2D eigenvalue weighted by Gasteiger charge is -2.49. The van der Waals surface area contributed by atoms with E-state index < -0.39 is 29.9 Å². The molecule has 0 aliphatic carbocycles. The van der Waals surface area contributed by atoms with Gasteiger partial charge >= 0.3 is 11.9 Å². The van der Waals surface area contributed by atoms with Gasteiger partial charge in [0.1, 0.15) is 5.75 Å². The van der Waals surface area contributed by atoms with Gasteiger partial charge in [0.2, 0.25) is 11.9 Å². The van der Waals surface area contributed by atoms with Crippen LogP contribution in [0.15, 0.2) is 22.7 Å². The van der Waals surface area contributed by atoms with Gasteiger partial charge in [0, 0.05) is 24.2 Å². The summed E-state index contributed by atoms with van der Waals surface area (Å²) in [4.78, 5) is 23.5. The van der Waals surface area contributed by atoms with Crippen molar-refractivity contribution in [2.24, 2.45) is 5.92 Å². The van der Waals surface area contributed by atoms with Gasteiger partial charge in [-0.3, -0.25) is 9.59 Å². The zero-order valence-corrected chi connectivity index (χ0v) is 18.3. The Morgan fingerprint density at radius 3 is 2.52 bits per heavy atom. The van der Waals surface area contributed by atoms with Gasteiger partial charge in [-0.25, -0.2) is 0 Å². The van der Waals surface area contributed by atoms with Crippen molar-refractivity contribution in [3.63, 3.8) is 0 Å². The zero-order chi connectivity index (χ0) is 20.4. The van der Waals surface area contributed by atoms with Crippen molar-refractivity contribution < 1.29 is 28.5 Å². The van der Waals surface area contributed by atoms with Crippen LogP contribution in [0.25, 0.3) is 0 Å². The van der Waals surface area contributed by atoms with Crippen LogP contribution >= 0.6 is 27.5 Å². The molecule has 0 saturated carbocycles. The molecule has 150 valence electrons. The van der Waals surface area contributed by atoms with Gasteiger partial charge < -0.3 is 18.9 Å². The summed E-state index contributed by atoms with van der Waals surface area (Å²) in [5.74, 6) is -0.850. The lowest BCUT2D eigenvalue weighted by Crippen LogP contribution is -2.65. The molecule has 0 radical (unpaired) electrons. The average Bonchev–Trinajstić information content (AvgIpc) is 2.56. The number of esters is 2. The lowest BCUT2D eigenvalue weighted by atomic mass is 9.81. The third-order valence-corrected chi connectivity index (χ3v) is 5.39. The molecular weight excluding hydrogens is 440 g/mol. The molecule has 1 aliphatic heterocycles. The fourth-order valence-electron chi connectivity index (χ4n) is 3.38. The summed E-state index contributed by atoms with van der Waals surface area (Å²) in [6, 6.07) is 5.15. The number of ether oxygens (including phenoxy) is 4. The van der Waals surface area contributed by atoms with Crippen LogP contribution < -0.4 is 4.74 Å². The van der Waals surface area contributed by atoms with E-state index in [-0.39, 0.29) is 12.0 Å². The molecule has 8 heteroatoms. The Morgan fingerprint density at radius 2 is 1.96 bits per heavy atom. The molecular formula is C19H24BrClO6. The molecule has 27 heavy (non-hydrogen) atoms. The molecule has 0 spiro atoms. The fourth-order valence-corrected chi connectivity index (χ4v) is 3.89. The second-order valence-corrected chi connectivity index (χ2v) is 8.10. The van der Waals surface area contributed by atoms with Gasteiger partial charge in [-0.15, -0.1) is 0 Å². The minimum atomic E-state index is -1.35. The van der Waals surface area contributed by atoms with Crippen LogP contribution in [-0.4, -0.2) is 36.0 Å². The van der Waals surface area contributed by atoms with E-state index in [1.54, 1.807) is 25.1 Å². The summed E-state index contributed by atoms with van der Waals surface area (Å²) >= 11 is 9.61. The Kier molecular flexibility index (Phi) is 7.16. The topological polar surface area (TPSA) is 71.1 Å². The Hall–Kier alpha value is -1.31. The highest BCUT2D eigenvalue weighted by Gasteiger charge is 2.57. The number of carbonyl (C=O) groups is 2. The van der Waals surface area contributed by atoms with E-state index in [0.29, 0.717) is 17.2 Å². The van der Waals surface area contributed by atoms with Crippen LogP contribution in [-0.2, 0) is 23.8 Å². The molecule has 0 aromatic heterocycles. The van der Waals surface area contributed by atoms with Crippen LogP contribution in [0.3, 0.4) is 0 Å². The first kappa shape index (κ1) is 22.0. The van der Waals surface area contributed by atoms with Gasteiger partial charge in [0.15, 0.2) is 6.10 Å². The Labute approximate surface area is 172 Å². The first-order valence-corrected chi connectivity index (χ1v) is 9.89. The number of hydrogen-bond acceptors (Lipinski definition) is 6. The first-order valence-electron chi connectivity index (χ1n) is 8.72. The van der Waals surface area contributed by atoms with Crippen molar-refractivity contribution in [1.82, 2.24) is 0 Å². The van der Waals surface area contributed by atoms with E-state index >= 15 is 0 Å². The molecule has 5 atom stereocenters. The first-order chi connectivity index (χ1) is 12.6. The number of rotatable bonds is 5. The molecule has 1 aromatic rings. The third kappa shape index (κ3) is 4.95. The van der Waals surface area contributed by atoms with E-state index in [9.17, 15) is 9.59 Å². The predicted molar refractivity (Wildman–Crippen MR) is 104 cm³/mol. The number of halogens is 2. The van der Waals surface area contributed by atoms with E-state index in [2.05, 4.69) is 15.9 Å². The minimum Gasteiger partial charge on any atom is -0.459 e. The van der Waals surface area contributed by atoms with E-state index in [1.807, 2.05) is 13.8 Å². The summed E-state index contributed by atoms with van der Waals surface area (Å²) in [7, 11) is 0. The minimum absolute atomic E-state index is 0.207. The monoisotopic (exact) mass is 462 g/mol. The second kappa shape index (κ2) is 8.80. The lowest BCUT2D eigenvalue weighted by molar-refractivity contribution is -0.304. The van der Waals surface area contributed by atoms with Gasteiger partial charge in [0.25, 0.3) is 0 Å². The van der Waals surface area contributed by atoms with Crippen molar-refractivity contribution >= 4 is 39.5 Å². The molecule has 1 aromatic carbocycles. The quantitative estimate of drug-likeness (QED) is 0.599. The molecule has 0 bridgehead atoms. The molecule has 1 aliphatic rings. The van der Waals surface area contributed by atoms with Crippen molar-refractivity contribution in [2.75, 3.05) is 0 Å². The van der Waals surface area contributed by atoms with Crippen molar-refractivity contribution in [2.45, 2.75) is 65.1 Å². The van der Waals surface area contributed by atoms with Gasteiger partial charge in [-0.1, -0.05) is 41.4 Å². The zero-order valence-electron chi connectivity index (χ0n) is 16.0. The van der Waals surface area contributed by atoms with Gasteiger partial charge in [-0.2, -0.15) is 0 Å². The fraction of sp³-hybridized carbons (Fsp3) is 0.579. The maximum atomic E-state index is 11.8. The van der Waals surface area contributed by atoms with Crippen molar-refractivity contribution in [3.8, 4) is 5.75 Å². The molecule has 0 amide bonds. The highest BCUT2D eigenvalue weighted by Crippen LogP contribution is 2.41.